The number of hydrogen-bond donors (Lipinski definition) is 1. The quantitative estimate of drug-likeness (QED) is 0.849. The van der Waals surface area contributed by atoms with Crippen molar-refractivity contribution in [3.8, 4) is 11.8 Å². The summed E-state index contributed by atoms with van der Waals surface area (Å²) in [5.74, 6) is -0.659. The minimum atomic E-state index is -0.499. The van der Waals surface area contributed by atoms with Crippen molar-refractivity contribution < 1.29 is 14.3 Å². The molecule has 0 saturated carbocycles. The second-order valence-electron chi connectivity index (χ2n) is 4.30. The van der Waals surface area contributed by atoms with Gasteiger partial charge >= 0.3 is 0 Å². The number of benzene rings is 1. The highest BCUT2D eigenvalue weighted by Crippen LogP contribution is 2.30. The summed E-state index contributed by atoms with van der Waals surface area (Å²) in [7, 11) is 1.50. The lowest BCUT2D eigenvalue weighted by Gasteiger charge is -2.18. The molecule has 19 heavy (non-hydrogen) atoms. The molecule has 0 bridgehead atoms. The molecule has 6 heteroatoms. The molecule has 2 N–H and O–H groups in total. The molecular formula is C13H13N3O3. The summed E-state index contributed by atoms with van der Waals surface area (Å²) in [4.78, 5) is 24.5. The minimum Gasteiger partial charge on any atom is -0.497 e. The Morgan fingerprint density at radius 3 is 2.84 bits per heavy atom. The summed E-state index contributed by atoms with van der Waals surface area (Å²) >= 11 is 0. The van der Waals surface area contributed by atoms with Crippen LogP contribution in [0.25, 0.3) is 0 Å². The molecule has 2 amide bonds. The van der Waals surface area contributed by atoms with Crippen molar-refractivity contribution in [1.29, 1.82) is 5.26 Å². The van der Waals surface area contributed by atoms with Crippen LogP contribution in [0.5, 0.6) is 5.75 Å². The van der Waals surface area contributed by atoms with E-state index in [1.54, 1.807) is 18.2 Å². The predicted octanol–water partition coefficient (Wildman–Crippen LogP) is 0.405. The molecule has 6 nitrogen and oxygen atoms in total. The number of nitrogens with zero attached hydrogens (tertiary/aromatic N) is 2. The SMILES string of the molecule is COc1ccc(N2CC(C(N)=O)CC2=O)c(C#N)c1. The fourth-order valence-electron chi connectivity index (χ4n) is 2.10. The van der Waals surface area contributed by atoms with Gasteiger partial charge in [0.15, 0.2) is 0 Å². The van der Waals surface area contributed by atoms with E-state index in [1.807, 2.05) is 6.07 Å². The first-order valence-electron chi connectivity index (χ1n) is 5.74. The van der Waals surface area contributed by atoms with E-state index < -0.39 is 11.8 Å². The molecule has 1 fully saturated rings. The summed E-state index contributed by atoms with van der Waals surface area (Å²) < 4.78 is 5.03. The Balaban J connectivity index is 2.35. The van der Waals surface area contributed by atoms with Gasteiger partial charge in [0.05, 0.1) is 24.3 Å². The van der Waals surface area contributed by atoms with E-state index in [0.29, 0.717) is 17.0 Å². The topological polar surface area (TPSA) is 96.4 Å². The number of nitriles is 1. The zero-order valence-corrected chi connectivity index (χ0v) is 10.4. The van der Waals surface area contributed by atoms with E-state index in [2.05, 4.69) is 0 Å². The normalized spacial score (nSPS) is 18.2. The molecule has 2 rings (SSSR count). The van der Waals surface area contributed by atoms with Gasteiger partial charge in [0.2, 0.25) is 11.8 Å². The molecule has 1 aromatic carbocycles. The summed E-state index contributed by atoms with van der Waals surface area (Å²) in [6.45, 7) is 0.217. The maximum atomic E-state index is 11.9. The third-order valence-electron chi connectivity index (χ3n) is 3.14. The number of carbonyl (C=O) groups is 2. The van der Waals surface area contributed by atoms with Crippen LogP contribution in [0.2, 0.25) is 0 Å². The molecule has 0 aromatic heterocycles. The number of carbonyl (C=O) groups excluding carboxylic acids is 2. The number of amides is 2. The van der Waals surface area contributed by atoms with Crippen molar-refractivity contribution in [2.24, 2.45) is 11.7 Å². The average Bonchev–Trinajstić information content (AvgIpc) is 2.80. The molecule has 1 aliphatic rings. The average molecular weight is 259 g/mol. The van der Waals surface area contributed by atoms with Crippen LogP contribution >= 0.6 is 0 Å². The Bertz CT molecular complexity index is 577. The van der Waals surface area contributed by atoms with Crippen LogP contribution in [0.15, 0.2) is 18.2 Å². The van der Waals surface area contributed by atoms with Crippen LogP contribution < -0.4 is 15.4 Å². The van der Waals surface area contributed by atoms with Crippen LogP contribution in [-0.4, -0.2) is 25.5 Å². The van der Waals surface area contributed by atoms with Crippen LogP contribution in [-0.2, 0) is 9.59 Å². The van der Waals surface area contributed by atoms with E-state index >= 15 is 0 Å². The van der Waals surface area contributed by atoms with Crippen molar-refractivity contribution in [2.45, 2.75) is 6.42 Å². The zero-order chi connectivity index (χ0) is 14.0. The number of anilines is 1. The Kier molecular flexibility index (Phi) is 3.38. The largest absolute Gasteiger partial charge is 0.497 e. The number of methoxy groups -OCH3 is 1. The third-order valence-corrected chi connectivity index (χ3v) is 3.14. The van der Waals surface area contributed by atoms with Gasteiger partial charge in [-0.3, -0.25) is 9.59 Å². The molecule has 0 spiro atoms. The highest BCUT2D eigenvalue weighted by atomic mass is 16.5. The molecule has 0 aliphatic carbocycles. The van der Waals surface area contributed by atoms with Gasteiger partial charge in [0.1, 0.15) is 11.8 Å². The molecule has 1 aliphatic heterocycles. The number of ether oxygens (including phenoxy) is 1. The summed E-state index contributed by atoms with van der Waals surface area (Å²) in [6, 6.07) is 6.88. The van der Waals surface area contributed by atoms with Gasteiger partial charge in [-0.25, -0.2) is 0 Å². The lowest BCUT2D eigenvalue weighted by molar-refractivity contribution is -0.123. The van der Waals surface area contributed by atoms with Crippen LogP contribution in [0.1, 0.15) is 12.0 Å². The van der Waals surface area contributed by atoms with Gasteiger partial charge in [-0.1, -0.05) is 0 Å². The summed E-state index contributed by atoms with van der Waals surface area (Å²) in [5.41, 5.74) is 6.03. The van der Waals surface area contributed by atoms with E-state index in [1.165, 1.54) is 12.0 Å². The number of hydrogen-bond acceptors (Lipinski definition) is 4. The lowest BCUT2D eigenvalue weighted by atomic mass is 10.1. The standard InChI is InChI=1S/C13H13N3O3/c1-19-10-2-3-11(8(4-10)6-14)16-7-9(13(15)18)5-12(16)17/h2-4,9H,5,7H2,1H3,(H2,15,18). The Labute approximate surface area is 110 Å². The van der Waals surface area contributed by atoms with Crippen molar-refractivity contribution in [1.82, 2.24) is 0 Å². The summed E-state index contributed by atoms with van der Waals surface area (Å²) in [6.07, 6.45) is 0.0895. The monoisotopic (exact) mass is 259 g/mol. The highest BCUT2D eigenvalue weighted by Gasteiger charge is 2.34. The van der Waals surface area contributed by atoms with Crippen molar-refractivity contribution in [3.05, 3.63) is 23.8 Å². The van der Waals surface area contributed by atoms with Crippen molar-refractivity contribution >= 4 is 17.5 Å². The Hall–Kier alpha value is -2.55. The minimum absolute atomic E-state index is 0.0895. The van der Waals surface area contributed by atoms with Gasteiger partial charge in [-0.2, -0.15) is 5.26 Å². The molecule has 1 unspecified atom stereocenters. The molecule has 1 aromatic rings. The lowest BCUT2D eigenvalue weighted by Crippen LogP contribution is -2.28. The molecule has 1 heterocycles. The smallest absolute Gasteiger partial charge is 0.227 e. The molecule has 98 valence electrons. The second-order valence-corrected chi connectivity index (χ2v) is 4.30. The molecule has 1 saturated heterocycles. The van der Waals surface area contributed by atoms with Gasteiger partial charge in [-0.05, 0) is 18.2 Å². The number of nitrogens with two attached hydrogens (primary N) is 1. The van der Waals surface area contributed by atoms with E-state index in [0.717, 1.165) is 0 Å². The first-order valence-corrected chi connectivity index (χ1v) is 5.74. The maximum absolute atomic E-state index is 11.9. The summed E-state index contributed by atoms with van der Waals surface area (Å²) in [5, 5.41) is 9.12. The first kappa shape index (κ1) is 12.9. The fraction of sp³-hybridized carbons (Fsp3) is 0.308. The Morgan fingerprint density at radius 2 is 2.32 bits per heavy atom. The maximum Gasteiger partial charge on any atom is 0.227 e. The van der Waals surface area contributed by atoms with E-state index in [4.69, 9.17) is 15.7 Å². The Morgan fingerprint density at radius 1 is 1.58 bits per heavy atom. The van der Waals surface area contributed by atoms with Gasteiger partial charge in [0.25, 0.3) is 0 Å². The fourth-order valence-corrected chi connectivity index (χ4v) is 2.10. The van der Waals surface area contributed by atoms with Crippen molar-refractivity contribution in [3.63, 3.8) is 0 Å². The van der Waals surface area contributed by atoms with Crippen LogP contribution in [0.3, 0.4) is 0 Å². The first-order chi connectivity index (χ1) is 9.06. The van der Waals surface area contributed by atoms with Crippen LogP contribution in [0.4, 0.5) is 5.69 Å². The zero-order valence-electron chi connectivity index (χ0n) is 10.4. The highest BCUT2D eigenvalue weighted by molar-refractivity contribution is 6.01. The molecule has 0 radical (unpaired) electrons. The molecular weight excluding hydrogens is 246 g/mol. The van der Waals surface area contributed by atoms with Gasteiger partial charge in [-0.15, -0.1) is 0 Å². The van der Waals surface area contributed by atoms with E-state index in [9.17, 15) is 9.59 Å². The van der Waals surface area contributed by atoms with E-state index in [-0.39, 0.29) is 18.9 Å². The third kappa shape index (κ3) is 2.36. The predicted molar refractivity (Wildman–Crippen MR) is 67.4 cm³/mol. The van der Waals surface area contributed by atoms with Gasteiger partial charge < -0.3 is 15.4 Å². The second kappa shape index (κ2) is 4.98. The number of primary amides is 1. The molecule has 1 atom stereocenters. The van der Waals surface area contributed by atoms with Gasteiger partial charge in [0, 0.05) is 13.0 Å². The van der Waals surface area contributed by atoms with Crippen LogP contribution in [0, 0.1) is 17.2 Å². The van der Waals surface area contributed by atoms with Crippen molar-refractivity contribution in [2.75, 3.05) is 18.6 Å². The number of rotatable bonds is 3.